The Bertz CT molecular complexity index is 1150. The van der Waals surface area contributed by atoms with Gasteiger partial charge < -0.3 is 4.74 Å². The van der Waals surface area contributed by atoms with Crippen LogP contribution in [0.1, 0.15) is 6.42 Å². The van der Waals surface area contributed by atoms with Crippen LogP contribution in [0.25, 0.3) is 10.8 Å². The number of ether oxygens (including phenoxy) is 1. The summed E-state index contributed by atoms with van der Waals surface area (Å²) in [7, 11) is 0. The van der Waals surface area contributed by atoms with E-state index in [9.17, 15) is 9.59 Å². The van der Waals surface area contributed by atoms with Crippen LogP contribution in [-0.2, 0) is 9.59 Å². The molecule has 6 rings (SSSR count). The first-order valence-electron chi connectivity index (χ1n) is 10.0. The van der Waals surface area contributed by atoms with Crippen LogP contribution in [-0.4, -0.2) is 11.8 Å². The van der Waals surface area contributed by atoms with Crippen LogP contribution in [0.3, 0.4) is 0 Å². The van der Waals surface area contributed by atoms with Crippen molar-refractivity contribution in [2.24, 2.45) is 23.7 Å². The van der Waals surface area contributed by atoms with Gasteiger partial charge in [-0.1, -0.05) is 42.5 Å². The van der Waals surface area contributed by atoms with Gasteiger partial charge in [0.25, 0.3) is 0 Å². The molecular weight excluding hydrogens is 362 g/mol. The second kappa shape index (κ2) is 6.05. The fourth-order valence-electron chi connectivity index (χ4n) is 5.19. The van der Waals surface area contributed by atoms with E-state index in [1.807, 2.05) is 42.5 Å². The predicted molar refractivity (Wildman–Crippen MR) is 111 cm³/mol. The number of nitrogens with zero attached hydrogens (tertiary/aromatic N) is 1. The van der Waals surface area contributed by atoms with Crippen LogP contribution >= 0.6 is 0 Å². The smallest absolute Gasteiger partial charge is 0.238 e. The summed E-state index contributed by atoms with van der Waals surface area (Å²) in [5.41, 5.74) is 0.625. The Morgan fingerprint density at radius 2 is 1.34 bits per heavy atom. The van der Waals surface area contributed by atoms with E-state index < -0.39 is 0 Å². The number of fused-ring (bicyclic) bond motifs is 6. The average Bonchev–Trinajstić information content (AvgIpc) is 3.43. The molecule has 4 heteroatoms. The summed E-state index contributed by atoms with van der Waals surface area (Å²) in [6, 6.07) is 21.3. The largest absolute Gasteiger partial charge is 0.457 e. The molecule has 4 atom stereocenters. The molecule has 0 radical (unpaired) electrons. The highest BCUT2D eigenvalue weighted by Crippen LogP contribution is 2.53. The number of allylic oxidation sites excluding steroid dienone is 2. The van der Waals surface area contributed by atoms with E-state index >= 15 is 0 Å². The second-order valence-corrected chi connectivity index (χ2v) is 8.12. The molecule has 2 amide bonds. The first kappa shape index (κ1) is 16.5. The maximum absolute atomic E-state index is 12.9. The third-order valence-electron chi connectivity index (χ3n) is 6.52. The predicted octanol–water partition coefficient (Wildman–Crippen LogP) is 4.94. The summed E-state index contributed by atoms with van der Waals surface area (Å²) in [4.78, 5) is 27.2. The topological polar surface area (TPSA) is 46.6 Å². The number of anilines is 1. The average molecular weight is 381 g/mol. The van der Waals surface area contributed by atoms with Gasteiger partial charge in [0.05, 0.1) is 17.5 Å². The quantitative estimate of drug-likeness (QED) is 0.477. The third-order valence-corrected chi connectivity index (χ3v) is 6.52. The van der Waals surface area contributed by atoms with Crippen molar-refractivity contribution >= 4 is 28.3 Å². The standard InChI is InChI=1S/C25H19NO3/c27-24-22-17-5-6-18(13-17)23(22)25(28)26(24)19-8-11-20(12-9-19)29-21-10-7-15-3-1-2-4-16(15)14-21/h1-12,14,17-18,22-23H,13H2/t17-,18-,22-,23-/m0/s1. The molecule has 1 saturated carbocycles. The minimum Gasteiger partial charge on any atom is -0.457 e. The highest BCUT2D eigenvalue weighted by Gasteiger charge is 2.59. The fourth-order valence-corrected chi connectivity index (χ4v) is 5.19. The van der Waals surface area contributed by atoms with Gasteiger partial charge in [-0.2, -0.15) is 0 Å². The van der Waals surface area contributed by atoms with Gasteiger partial charge in [0.2, 0.25) is 11.8 Å². The third kappa shape index (κ3) is 2.45. The van der Waals surface area contributed by atoms with Crippen molar-refractivity contribution in [3.05, 3.63) is 78.9 Å². The van der Waals surface area contributed by atoms with Crippen molar-refractivity contribution in [1.82, 2.24) is 0 Å². The van der Waals surface area contributed by atoms with Crippen LogP contribution in [0.15, 0.2) is 78.9 Å². The van der Waals surface area contributed by atoms with Crippen molar-refractivity contribution in [2.75, 3.05) is 4.90 Å². The van der Waals surface area contributed by atoms with Crippen LogP contribution < -0.4 is 9.64 Å². The highest BCUT2D eigenvalue weighted by molar-refractivity contribution is 6.22. The first-order valence-corrected chi connectivity index (χ1v) is 10.0. The maximum Gasteiger partial charge on any atom is 0.238 e. The highest BCUT2D eigenvalue weighted by atomic mass is 16.5. The normalized spacial score (nSPS) is 27.1. The van der Waals surface area contributed by atoms with Gasteiger partial charge in [-0.3, -0.25) is 14.5 Å². The Kier molecular flexibility index (Phi) is 3.45. The molecule has 1 saturated heterocycles. The lowest BCUT2D eigenvalue weighted by atomic mass is 9.85. The zero-order valence-electron chi connectivity index (χ0n) is 15.7. The van der Waals surface area contributed by atoms with Crippen molar-refractivity contribution in [2.45, 2.75) is 6.42 Å². The Morgan fingerprint density at radius 1 is 0.724 bits per heavy atom. The molecule has 1 heterocycles. The Balaban J connectivity index is 1.24. The van der Waals surface area contributed by atoms with E-state index in [0.717, 1.165) is 22.9 Å². The first-order chi connectivity index (χ1) is 14.2. The lowest BCUT2D eigenvalue weighted by Crippen LogP contribution is -2.32. The molecule has 4 nitrogen and oxygen atoms in total. The molecule has 3 aromatic carbocycles. The van der Waals surface area contributed by atoms with E-state index in [0.29, 0.717) is 11.4 Å². The number of hydrogen-bond donors (Lipinski definition) is 0. The number of imide groups is 1. The monoisotopic (exact) mass is 381 g/mol. The Labute approximate surface area is 168 Å². The molecule has 29 heavy (non-hydrogen) atoms. The zero-order valence-corrected chi connectivity index (χ0v) is 15.7. The number of carbonyl (C=O) groups excluding carboxylic acids is 2. The summed E-state index contributed by atoms with van der Waals surface area (Å²) >= 11 is 0. The van der Waals surface area contributed by atoms with E-state index in [4.69, 9.17) is 4.74 Å². The molecule has 0 spiro atoms. The summed E-state index contributed by atoms with van der Waals surface area (Å²) < 4.78 is 5.98. The van der Waals surface area contributed by atoms with Crippen molar-refractivity contribution < 1.29 is 14.3 Å². The van der Waals surface area contributed by atoms with E-state index in [2.05, 4.69) is 24.3 Å². The van der Waals surface area contributed by atoms with Crippen molar-refractivity contribution in [1.29, 1.82) is 0 Å². The number of amides is 2. The molecule has 3 aliphatic rings. The van der Waals surface area contributed by atoms with E-state index in [1.54, 1.807) is 12.1 Å². The van der Waals surface area contributed by atoms with Crippen LogP contribution in [0, 0.1) is 23.7 Å². The van der Waals surface area contributed by atoms with Crippen LogP contribution in [0.4, 0.5) is 5.69 Å². The van der Waals surface area contributed by atoms with Crippen molar-refractivity contribution in [3.63, 3.8) is 0 Å². The lowest BCUT2D eigenvalue weighted by molar-refractivity contribution is -0.123. The Morgan fingerprint density at radius 3 is 2.03 bits per heavy atom. The number of rotatable bonds is 3. The molecule has 2 aliphatic carbocycles. The molecule has 142 valence electrons. The molecule has 0 aromatic heterocycles. The van der Waals surface area contributed by atoms with Crippen LogP contribution in [0.2, 0.25) is 0 Å². The minimum atomic E-state index is -0.175. The molecule has 3 aromatic rings. The number of carbonyl (C=O) groups is 2. The lowest BCUT2D eigenvalue weighted by Gasteiger charge is -2.17. The van der Waals surface area contributed by atoms with Gasteiger partial charge in [0.1, 0.15) is 11.5 Å². The van der Waals surface area contributed by atoms with Gasteiger partial charge in [0, 0.05) is 0 Å². The molecule has 2 fully saturated rings. The van der Waals surface area contributed by atoms with Gasteiger partial charge in [0.15, 0.2) is 0 Å². The van der Waals surface area contributed by atoms with Crippen LogP contribution in [0.5, 0.6) is 11.5 Å². The van der Waals surface area contributed by atoms with Gasteiger partial charge in [-0.25, -0.2) is 0 Å². The molecule has 1 aliphatic heterocycles. The minimum absolute atomic E-state index is 0.0555. The molecule has 0 N–H and O–H groups in total. The summed E-state index contributed by atoms with van der Waals surface area (Å²) in [6.45, 7) is 0. The summed E-state index contributed by atoms with van der Waals surface area (Å²) in [5.74, 6) is 1.41. The van der Waals surface area contributed by atoms with Gasteiger partial charge in [-0.05, 0) is 65.4 Å². The van der Waals surface area contributed by atoms with E-state index in [1.165, 1.54) is 4.90 Å². The van der Waals surface area contributed by atoms with Gasteiger partial charge in [-0.15, -0.1) is 0 Å². The molecular formula is C25H19NO3. The SMILES string of the molecule is O=C1[C@@H]2[C@@H](C(=O)N1c1ccc(Oc3ccc4ccccc4c3)cc1)[C@H]1C=C[C@H]2C1. The number of hydrogen-bond acceptors (Lipinski definition) is 3. The zero-order chi connectivity index (χ0) is 19.5. The second-order valence-electron chi connectivity index (χ2n) is 8.12. The molecule has 2 bridgehead atoms. The summed E-state index contributed by atoms with van der Waals surface area (Å²) in [5, 5.41) is 2.28. The fraction of sp³-hybridized carbons (Fsp3) is 0.200. The van der Waals surface area contributed by atoms with Crippen molar-refractivity contribution in [3.8, 4) is 11.5 Å². The Hall–Kier alpha value is -3.40. The van der Waals surface area contributed by atoms with E-state index in [-0.39, 0.29) is 35.5 Å². The number of benzene rings is 3. The maximum atomic E-state index is 12.9. The molecule has 0 unspecified atom stereocenters. The van der Waals surface area contributed by atoms with Gasteiger partial charge >= 0.3 is 0 Å². The summed E-state index contributed by atoms with van der Waals surface area (Å²) in [6.07, 6.45) is 5.17.